The lowest BCUT2D eigenvalue weighted by atomic mass is 9.94. The van der Waals surface area contributed by atoms with E-state index in [0.717, 1.165) is 5.56 Å². The summed E-state index contributed by atoms with van der Waals surface area (Å²) in [5.41, 5.74) is 0.900. The Morgan fingerprint density at radius 3 is 2.94 bits per heavy atom. The van der Waals surface area contributed by atoms with Crippen molar-refractivity contribution in [2.45, 2.75) is 25.7 Å². The summed E-state index contributed by atoms with van der Waals surface area (Å²) in [6.45, 7) is 0. The molecule has 0 aliphatic carbocycles. The van der Waals surface area contributed by atoms with Gasteiger partial charge in [-0.05, 0) is 41.9 Å². The van der Waals surface area contributed by atoms with Crippen LogP contribution in [0.25, 0.3) is 0 Å². The molecule has 0 unspecified atom stereocenters. The fourth-order valence-corrected chi connectivity index (χ4v) is 3.49. The first kappa shape index (κ1) is 12.9. The lowest BCUT2D eigenvalue weighted by molar-refractivity contribution is -0.119. The van der Waals surface area contributed by atoms with E-state index in [2.05, 4.69) is 4.98 Å². The van der Waals surface area contributed by atoms with Gasteiger partial charge >= 0.3 is 0 Å². The van der Waals surface area contributed by atoms with Crippen LogP contribution in [0.3, 0.4) is 0 Å². The molecule has 1 aliphatic rings. The van der Waals surface area contributed by atoms with Crippen molar-refractivity contribution >= 4 is 29.1 Å². The first-order valence-corrected chi connectivity index (χ1v) is 7.47. The van der Waals surface area contributed by atoms with Crippen LogP contribution in [0.4, 0.5) is 0 Å². The topological polar surface area (TPSA) is 30.0 Å². The average molecular weight is 270 g/mol. The number of aromatic nitrogens is 1. The van der Waals surface area contributed by atoms with Crippen molar-refractivity contribution in [2.24, 2.45) is 5.92 Å². The van der Waals surface area contributed by atoms with Crippen LogP contribution in [0.1, 0.15) is 24.8 Å². The number of hydrogen-bond acceptors (Lipinski definition) is 3. The first-order chi connectivity index (χ1) is 8.25. The summed E-state index contributed by atoms with van der Waals surface area (Å²) in [7, 11) is 0. The van der Waals surface area contributed by atoms with Crippen molar-refractivity contribution in [3.8, 4) is 0 Å². The minimum Gasteiger partial charge on any atom is -0.299 e. The number of rotatable bonds is 4. The van der Waals surface area contributed by atoms with Crippen molar-refractivity contribution in [3.05, 3.63) is 29.0 Å². The molecule has 2 rings (SSSR count). The molecule has 0 saturated carbocycles. The molecule has 92 valence electrons. The van der Waals surface area contributed by atoms with Gasteiger partial charge in [0.15, 0.2) is 0 Å². The summed E-state index contributed by atoms with van der Waals surface area (Å²) < 4.78 is 0. The van der Waals surface area contributed by atoms with Crippen LogP contribution in [0, 0.1) is 5.92 Å². The fourth-order valence-electron chi connectivity index (χ4n) is 2.10. The Kier molecular flexibility index (Phi) is 4.86. The fraction of sp³-hybridized carbons (Fsp3) is 0.538. The van der Waals surface area contributed by atoms with Crippen molar-refractivity contribution in [3.63, 3.8) is 0 Å². The monoisotopic (exact) mass is 269 g/mol. The summed E-state index contributed by atoms with van der Waals surface area (Å²) >= 11 is 7.98. The molecule has 1 aromatic heterocycles. The minimum absolute atomic E-state index is 0.301. The zero-order valence-corrected chi connectivity index (χ0v) is 11.3. The summed E-state index contributed by atoms with van der Waals surface area (Å²) in [6, 6.07) is 1.83. The van der Waals surface area contributed by atoms with E-state index in [4.69, 9.17) is 11.6 Å². The normalized spacial score (nSPS) is 17.0. The predicted molar refractivity (Wildman–Crippen MR) is 72.6 cm³/mol. The molecule has 4 heteroatoms. The Labute approximate surface area is 111 Å². The van der Waals surface area contributed by atoms with Gasteiger partial charge in [-0.2, -0.15) is 11.8 Å². The van der Waals surface area contributed by atoms with Crippen LogP contribution in [-0.2, 0) is 11.2 Å². The van der Waals surface area contributed by atoms with Crippen LogP contribution in [0.15, 0.2) is 18.5 Å². The number of ketones is 1. The van der Waals surface area contributed by atoms with E-state index in [1.807, 2.05) is 17.8 Å². The maximum atomic E-state index is 11.9. The lowest BCUT2D eigenvalue weighted by Crippen LogP contribution is -2.15. The van der Waals surface area contributed by atoms with Gasteiger partial charge in [0.25, 0.3) is 0 Å². The minimum atomic E-state index is 0.301. The second-order valence-corrected chi connectivity index (χ2v) is 6.07. The van der Waals surface area contributed by atoms with Crippen LogP contribution in [0.2, 0.25) is 5.02 Å². The average Bonchev–Trinajstić information content (AvgIpc) is 2.33. The highest BCUT2D eigenvalue weighted by Gasteiger charge is 2.17. The van der Waals surface area contributed by atoms with E-state index in [0.29, 0.717) is 29.6 Å². The van der Waals surface area contributed by atoms with Crippen molar-refractivity contribution < 1.29 is 4.79 Å². The molecular formula is C13H16ClNOS. The quantitative estimate of drug-likeness (QED) is 0.839. The van der Waals surface area contributed by atoms with Gasteiger partial charge in [0.05, 0.1) is 5.02 Å². The third-order valence-corrected chi connectivity index (χ3v) is 4.49. The standard InChI is InChI=1S/C13H16ClNOS/c14-13-9-15-4-1-11(13)8-12(16)7-10-2-5-17-6-3-10/h1,4,9-10H,2-3,5-8H2. The molecule has 0 amide bonds. The highest BCUT2D eigenvalue weighted by molar-refractivity contribution is 7.99. The van der Waals surface area contributed by atoms with E-state index < -0.39 is 0 Å². The predicted octanol–water partition coefficient (Wildman–Crippen LogP) is 3.38. The molecular weight excluding hydrogens is 254 g/mol. The van der Waals surface area contributed by atoms with Gasteiger partial charge in [0.1, 0.15) is 5.78 Å². The second-order valence-electron chi connectivity index (χ2n) is 4.44. The number of halogens is 1. The number of carbonyl (C=O) groups is 1. The van der Waals surface area contributed by atoms with E-state index in [9.17, 15) is 4.79 Å². The smallest absolute Gasteiger partial charge is 0.137 e. The highest BCUT2D eigenvalue weighted by Crippen LogP contribution is 2.26. The second kappa shape index (κ2) is 6.41. The van der Waals surface area contributed by atoms with Crippen LogP contribution in [0.5, 0.6) is 0 Å². The number of Topliss-reactive ketones (excluding diaryl/α,β-unsaturated/α-hetero) is 1. The first-order valence-electron chi connectivity index (χ1n) is 5.93. The molecule has 0 radical (unpaired) electrons. The molecule has 1 saturated heterocycles. The van der Waals surface area contributed by atoms with E-state index in [1.165, 1.54) is 24.3 Å². The van der Waals surface area contributed by atoms with E-state index in [-0.39, 0.29) is 0 Å². The highest BCUT2D eigenvalue weighted by atomic mass is 35.5. The number of hydrogen-bond donors (Lipinski definition) is 0. The van der Waals surface area contributed by atoms with E-state index in [1.54, 1.807) is 12.4 Å². The Morgan fingerprint density at radius 1 is 1.47 bits per heavy atom. The Bertz CT molecular complexity index is 391. The maximum absolute atomic E-state index is 11.9. The molecule has 2 heterocycles. The number of carbonyl (C=O) groups excluding carboxylic acids is 1. The SMILES string of the molecule is O=C(Cc1ccncc1Cl)CC1CCSCC1. The van der Waals surface area contributed by atoms with Gasteiger partial charge in [0, 0.05) is 25.2 Å². The van der Waals surface area contributed by atoms with Gasteiger partial charge in [-0.25, -0.2) is 0 Å². The van der Waals surface area contributed by atoms with Crippen LogP contribution < -0.4 is 0 Å². The molecule has 1 aromatic rings. The molecule has 0 atom stereocenters. The summed E-state index contributed by atoms with van der Waals surface area (Å²) in [6.07, 6.45) is 6.80. The zero-order chi connectivity index (χ0) is 12.1. The van der Waals surface area contributed by atoms with Gasteiger partial charge in [-0.15, -0.1) is 0 Å². The number of nitrogens with zero attached hydrogens (tertiary/aromatic N) is 1. The third kappa shape index (κ3) is 4.00. The molecule has 17 heavy (non-hydrogen) atoms. The summed E-state index contributed by atoms with van der Waals surface area (Å²) in [4.78, 5) is 15.9. The summed E-state index contributed by atoms with van der Waals surface area (Å²) in [5, 5.41) is 0.597. The Morgan fingerprint density at radius 2 is 2.24 bits per heavy atom. The van der Waals surface area contributed by atoms with Crippen molar-refractivity contribution in [1.82, 2.24) is 4.98 Å². The molecule has 0 aromatic carbocycles. The van der Waals surface area contributed by atoms with Crippen molar-refractivity contribution in [2.75, 3.05) is 11.5 Å². The van der Waals surface area contributed by atoms with Crippen LogP contribution in [-0.4, -0.2) is 22.3 Å². The zero-order valence-electron chi connectivity index (χ0n) is 9.69. The maximum Gasteiger partial charge on any atom is 0.137 e. The molecule has 2 nitrogen and oxygen atoms in total. The van der Waals surface area contributed by atoms with Gasteiger partial charge < -0.3 is 0 Å². The summed E-state index contributed by atoms with van der Waals surface area (Å²) in [5.74, 6) is 3.29. The number of pyridine rings is 1. The molecule has 0 N–H and O–H groups in total. The van der Waals surface area contributed by atoms with Gasteiger partial charge in [-0.3, -0.25) is 9.78 Å². The Hall–Kier alpha value is -0.540. The van der Waals surface area contributed by atoms with Gasteiger partial charge in [-0.1, -0.05) is 11.6 Å². The third-order valence-electron chi connectivity index (χ3n) is 3.10. The van der Waals surface area contributed by atoms with Crippen LogP contribution >= 0.6 is 23.4 Å². The molecule has 1 aliphatic heterocycles. The van der Waals surface area contributed by atoms with E-state index >= 15 is 0 Å². The lowest BCUT2D eigenvalue weighted by Gasteiger charge is -2.20. The molecule has 0 bridgehead atoms. The number of thioether (sulfide) groups is 1. The van der Waals surface area contributed by atoms with Crippen molar-refractivity contribution in [1.29, 1.82) is 0 Å². The van der Waals surface area contributed by atoms with Gasteiger partial charge in [0.2, 0.25) is 0 Å². The Balaban J connectivity index is 1.86. The largest absolute Gasteiger partial charge is 0.299 e. The molecule has 1 fully saturated rings. The molecule has 0 spiro atoms.